The number of alkyl halides is 1. The first-order valence-corrected chi connectivity index (χ1v) is 6.13. The van der Waals surface area contributed by atoms with Crippen molar-refractivity contribution in [1.29, 1.82) is 0 Å². The molecule has 0 atom stereocenters. The van der Waals surface area contributed by atoms with Crippen LogP contribution in [0.5, 0.6) is 0 Å². The van der Waals surface area contributed by atoms with Gasteiger partial charge in [-0.2, -0.15) is 11.3 Å². The molecule has 0 aliphatic rings. The van der Waals surface area contributed by atoms with Crippen LogP contribution < -0.4 is 0 Å². The minimum atomic E-state index is 0.0222. The van der Waals surface area contributed by atoms with Crippen molar-refractivity contribution in [3.05, 3.63) is 22.4 Å². The van der Waals surface area contributed by atoms with Crippen molar-refractivity contribution in [2.45, 2.75) is 0 Å². The lowest BCUT2D eigenvalue weighted by atomic mass is 10.3. The molecule has 1 amide bonds. The Morgan fingerprint density at radius 3 is 2.93 bits per heavy atom. The molecule has 3 nitrogen and oxygen atoms in total. The summed E-state index contributed by atoms with van der Waals surface area (Å²) in [5.41, 5.74) is 0.723. The average molecular weight is 248 g/mol. The highest BCUT2D eigenvalue weighted by Crippen LogP contribution is 2.09. The number of halogens is 1. The second kappa shape index (κ2) is 6.82. The normalized spacial score (nSPS) is 10.3. The van der Waals surface area contributed by atoms with Gasteiger partial charge in [-0.05, 0) is 11.4 Å². The summed E-state index contributed by atoms with van der Waals surface area (Å²) >= 11 is 7.16. The van der Waals surface area contributed by atoms with Gasteiger partial charge < -0.3 is 9.64 Å². The van der Waals surface area contributed by atoms with Crippen LogP contribution in [0.15, 0.2) is 16.8 Å². The van der Waals surface area contributed by atoms with E-state index in [0.717, 1.165) is 5.56 Å². The topological polar surface area (TPSA) is 29.5 Å². The molecule has 1 aromatic rings. The lowest BCUT2D eigenvalue weighted by Gasteiger charge is -2.20. The molecule has 0 saturated heterocycles. The van der Waals surface area contributed by atoms with Crippen molar-refractivity contribution in [3.8, 4) is 0 Å². The van der Waals surface area contributed by atoms with Gasteiger partial charge in [-0.15, -0.1) is 11.6 Å². The molecule has 0 aromatic carbocycles. The smallest absolute Gasteiger partial charge is 0.254 e. The molecule has 84 valence electrons. The number of methoxy groups -OCH3 is 1. The van der Waals surface area contributed by atoms with Crippen LogP contribution in [0.3, 0.4) is 0 Å². The van der Waals surface area contributed by atoms with Crippen molar-refractivity contribution in [3.63, 3.8) is 0 Å². The number of hydrogen-bond acceptors (Lipinski definition) is 3. The number of carbonyl (C=O) groups excluding carboxylic acids is 1. The molecule has 0 N–H and O–H groups in total. The Morgan fingerprint density at radius 1 is 1.60 bits per heavy atom. The number of thiophene rings is 1. The van der Waals surface area contributed by atoms with E-state index < -0.39 is 0 Å². The van der Waals surface area contributed by atoms with Crippen LogP contribution in [0.2, 0.25) is 0 Å². The van der Waals surface area contributed by atoms with Crippen molar-refractivity contribution in [1.82, 2.24) is 4.90 Å². The second-order valence-corrected chi connectivity index (χ2v) is 4.14. The van der Waals surface area contributed by atoms with Crippen LogP contribution in [-0.2, 0) is 4.74 Å². The summed E-state index contributed by atoms with van der Waals surface area (Å²) in [6, 6.07) is 1.82. The minimum absolute atomic E-state index is 0.0222. The summed E-state index contributed by atoms with van der Waals surface area (Å²) in [7, 11) is 1.62. The highest BCUT2D eigenvalue weighted by molar-refractivity contribution is 7.08. The standard InChI is InChI=1S/C10H14ClNO2S/c1-14-6-5-12(4-3-11)10(13)9-2-7-15-8-9/h2,7-8H,3-6H2,1H3. The maximum atomic E-state index is 11.9. The Kier molecular flexibility index (Phi) is 5.68. The van der Waals surface area contributed by atoms with E-state index in [1.807, 2.05) is 16.8 Å². The van der Waals surface area contributed by atoms with E-state index >= 15 is 0 Å². The molecule has 1 rings (SSSR count). The number of nitrogens with zero attached hydrogens (tertiary/aromatic N) is 1. The average Bonchev–Trinajstić information content (AvgIpc) is 2.76. The Morgan fingerprint density at radius 2 is 2.40 bits per heavy atom. The Balaban J connectivity index is 2.58. The lowest BCUT2D eigenvalue weighted by Crippen LogP contribution is -2.35. The number of rotatable bonds is 6. The van der Waals surface area contributed by atoms with E-state index in [-0.39, 0.29) is 5.91 Å². The monoisotopic (exact) mass is 247 g/mol. The zero-order chi connectivity index (χ0) is 11.1. The van der Waals surface area contributed by atoms with Crippen LogP contribution in [-0.4, -0.2) is 43.5 Å². The van der Waals surface area contributed by atoms with Gasteiger partial charge in [-0.1, -0.05) is 0 Å². The second-order valence-electron chi connectivity index (χ2n) is 2.99. The molecule has 0 unspecified atom stereocenters. The Hall–Kier alpha value is -0.580. The number of carbonyl (C=O) groups is 1. The third-order valence-corrected chi connectivity index (χ3v) is 2.83. The summed E-state index contributed by atoms with van der Waals surface area (Å²) in [5.74, 6) is 0.466. The van der Waals surface area contributed by atoms with Crippen molar-refractivity contribution < 1.29 is 9.53 Å². The van der Waals surface area contributed by atoms with Gasteiger partial charge in [0.15, 0.2) is 0 Å². The maximum Gasteiger partial charge on any atom is 0.254 e. The predicted molar refractivity (Wildman–Crippen MR) is 62.8 cm³/mol. The Labute approximate surface area is 98.6 Å². The van der Waals surface area contributed by atoms with Gasteiger partial charge in [0.05, 0.1) is 12.2 Å². The van der Waals surface area contributed by atoms with E-state index in [9.17, 15) is 4.79 Å². The van der Waals surface area contributed by atoms with Crippen LogP contribution in [0, 0.1) is 0 Å². The molecular formula is C10H14ClNO2S. The van der Waals surface area contributed by atoms with Gasteiger partial charge in [0.1, 0.15) is 0 Å². The Bertz CT molecular complexity index is 290. The molecule has 1 heterocycles. The van der Waals surface area contributed by atoms with Gasteiger partial charge >= 0.3 is 0 Å². The molecule has 0 radical (unpaired) electrons. The fraction of sp³-hybridized carbons (Fsp3) is 0.500. The highest BCUT2D eigenvalue weighted by Gasteiger charge is 2.14. The summed E-state index contributed by atoms with van der Waals surface area (Å²) in [5, 5.41) is 3.73. The number of hydrogen-bond donors (Lipinski definition) is 0. The first-order valence-electron chi connectivity index (χ1n) is 4.66. The molecule has 0 aliphatic heterocycles. The molecule has 0 bridgehead atoms. The largest absolute Gasteiger partial charge is 0.383 e. The maximum absolute atomic E-state index is 11.9. The molecule has 0 spiro atoms. The third kappa shape index (κ3) is 3.81. The van der Waals surface area contributed by atoms with Crippen LogP contribution in [0.1, 0.15) is 10.4 Å². The molecule has 0 fully saturated rings. The zero-order valence-electron chi connectivity index (χ0n) is 8.61. The third-order valence-electron chi connectivity index (χ3n) is 1.98. The van der Waals surface area contributed by atoms with Crippen LogP contribution in [0.4, 0.5) is 0 Å². The predicted octanol–water partition coefficient (Wildman–Crippen LogP) is 2.08. The first-order chi connectivity index (χ1) is 7.29. The van der Waals surface area contributed by atoms with E-state index in [1.165, 1.54) is 11.3 Å². The van der Waals surface area contributed by atoms with E-state index in [2.05, 4.69) is 0 Å². The van der Waals surface area contributed by atoms with Crippen molar-refractivity contribution in [2.24, 2.45) is 0 Å². The molecule has 5 heteroatoms. The minimum Gasteiger partial charge on any atom is -0.383 e. The number of ether oxygens (including phenoxy) is 1. The molecule has 0 aliphatic carbocycles. The van der Waals surface area contributed by atoms with E-state index in [4.69, 9.17) is 16.3 Å². The summed E-state index contributed by atoms with van der Waals surface area (Å²) in [6.45, 7) is 1.67. The summed E-state index contributed by atoms with van der Waals surface area (Å²) in [6.07, 6.45) is 0. The summed E-state index contributed by atoms with van der Waals surface area (Å²) in [4.78, 5) is 13.6. The SMILES string of the molecule is COCCN(CCCl)C(=O)c1ccsc1. The number of amides is 1. The molecule has 0 saturated carbocycles. The van der Waals surface area contributed by atoms with Crippen LogP contribution >= 0.6 is 22.9 Å². The first kappa shape index (κ1) is 12.5. The van der Waals surface area contributed by atoms with Crippen molar-refractivity contribution in [2.75, 3.05) is 32.7 Å². The fourth-order valence-corrected chi connectivity index (χ4v) is 2.02. The van der Waals surface area contributed by atoms with Crippen molar-refractivity contribution >= 4 is 28.8 Å². The van der Waals surface area contributed by atoms with E-state index in [1.54, 1.807) is 12.0 Å². The van der Waals surface area contributed by atoms with E-state index in [0.29, 0.717) is 25.6 Å². The fourth-order valence-electron chi connectivity index (χ4n) is 1.19. The molecule has 1 aromatic heterocycles. The van der Waals surface area contributed by atoms with Crippen LogP contribution in [0.25, 0.3) is 0 Å². The van der Waals surface area contributed by atoms with Gasteiger partial charge in [0.25, 0.3) is 5.91 Å². The van der Waals surface area contributed by atoms with Gasteiger partial charge in [-0.3, -0.25) is 4.79 Å². The van der Waals surface area contributed by atoms with Gasteiger partial charge in [0.2, 0.25) is 0 Å². The molecule has 15 heavy (non-hydrogen) atoms. The highest BCUT2D eigenvalue weighted by atomic mass is 35.5. The van der Waals surface area contributed by atoms with Gasteiger partial charge in [-0.25, -0.2) is 0 Å². The lowest BCUT2D eigenvalue weighted by molar-refractivity contribution is 0.0708. The summed E-state index contributed by atoms with van der Waals surface area (Å²) < 4.78 is 4.95. The molecular weight excluding hydrogens is 234 g/mol. The van der Waals surface area contributed by atoms with Gasteiger partial charge in [0, 0.05) is 31.5 Å². The zero-order valence-corrected chi connectivity index (χ0v) is 10.2. The quantitative estimate of drug-likeness (QED) is 0.721.